The summed E-state index contributed by atoms with van der Waals surface area (Å²) in [6.45, 7) is 7.11. The van der Waals surface area contributed by atoms with Crippen LogP contribution >= 0.6 is 0 Å². The fourth-order valence-electron chi connectivity index (χ4n) is 6.83. The third-order valence-corrected chi connectivity index (χ3v) is 9.65. The Morgan fingerprint density at radius 3 is 1.98 bits per heavy atom. The quantitative estimate of drug-likeness (QED) is 0.0593. The van der Waals surface area contributed by atoms with Crippen molar-refractivity contribution < 1.29 is 33.8 Å². The molecule has 0 bridgehead atoms. The lowest BCUT2D eigenvalue weighted by molar-refractivity contribution is -0.147. The van der Waals surface area contributed by atoms with Gasteiger partial charge in [0, 0.05) is 12.3 Å². The molecule has 0 saturated heterocycles. The summed E-state index contributed by atoms with van der Waals surface area (Å²) in [7, 11) is 0. The zero-order valence-corrected chi connectivity index (χ0v) is 30.9. The van der Waals surface area contributed by atoms with Crippen LogP contribution in [0.2, 0.25) is 0 Å². The molecule has 4 atom stereocenters. The molecule has 5 rings (SSSR count). The van der Waals surface area contributed by atoms with Crippen LogP contribution in [0, 0.1) is 5.92 Å². The van der Waals surface area contributed by atoms with Crippen LogP contribution in [-0.2, 0) is 30.3 Å². The molecule has 10 heteroatoms. The lowest BCUT2D eigenvalue weighted by atomic mass is 9.97. The fourth-order valence-corrected chi connectivity index (χ4v) is 6.83. The van der Waals surface area contributed by atoms with Crippen molar-refractivity contribution in [3.63, 3.8) is 0 Å². The van der Waals surface area contributed by atoms with Gasteiger partial charge >= 0.3 is 12.1 Å². The number of esters is 1. The van der Waals surface area contributed by atoms with E-state index in [1.54, 1.807) is 36.4 Å². The van der Waals surface area contributed by atoms with E-state index in [9.17, 15) is 24.3 Å². The maximum Gasteiger partial charge on any atom is 0.407 e. The SMILES string of the molecule is C=CCC[C@H](NC(=O)OCC1c2ccccc2-c2ccccc21)C(=O)OC[C@@H](NC(=O)[C@@H](CC=C)CC(=O)N[C@H](CO)Cc1ccccc1)c1ccccc1. The maximum absolute atomic E-state index is 13.7. The van der Waals surface area contributed by atoms with Crippen molar-refractivity contribution in [2.45, 2.75) is 56.1 Å². The van der Waals surface area contributed by atoms with E-state index < -0.39 is 42.0 Å². The van der Waals surface area contributed by atoms with Crippen molar-refractivity contribution in [1.82, 2.24) is 16.0 Å². The van der Waals surface area contributed by atoms with Crippen molar-refractivity contribution in [3.8, 4) is 11.1 Å². The highest BCUT2D eigenvalue weighted by atomic mass is 16.6. The molecule has 0 saturated carbocycles. The molecular formula is C45H49N3O7. The highest BCUT2D eigenvalue weighted by Crippen LogP contribution is 2.44. The van der Waals surface area contributed by atoms with Gasteiger partial charge < -0.3 is 30.5 Å². The molecule has 4 aromatic carbocycles. The summed E-state index contributed by atoms with van der Waals surface area (Å²) in [5.41, 5.74) is 5.99. The number of aliphatic hydroxyl groups excluding tert-OH is 1. The lowest BCUT2D eigenvalue weighted by Gasteiger charge is -2.24. The van der Waals surface area contributed by atoms with Crippen molar-refractivity contribution in [2.75, 3.05) is 19.8 Å². The van der Waals surface area contributed by atoms with Crippen molar-refractivity contribution in [3.05, 3.63) is 157 Å². The highest BCUT2D eigenvalue weighted by Gasteiger charge is 2.31. The molecule has 1 aliphatic rings. The predicted molar refractivity (Wildman–Crippen MR) is 212 cm³/mol. The van der Waals surface area contributed by atoms with E-state index >= 15 is 0 Å². The minimum Gasteiger partial charge on any atom is -0.462 e. The molecule has 55 heavy (non-hydrogen) atoms. The summed E-state index contributed by atoms with van der Waals surface area (Å²) >= 11 is 0. The summed E-state index contributed by atoms with van der Waals surface area (Å²) in [4.78, 5) is 53.4. The number of rotatable bonds is 20. The smallest absolute Gasteiger partial charge is 0.407 e. The number of alkyl carbamates (subject to hydrolysis) is 1. The van der Waals surface area contributed by atoms with Crippen LogP contribution in [0.15, 0.2) is 135 Å². The Balaban J connectivity index is 1.20. The Bertz CT molecular complexity index is 1870. The lowest BCUT2D eigenvalue weighted by Crippen LogP contribution is -2.44. The highest BCUT2D eigenvalue weighted by molar-refractivity contribution is 5.86. The molecule has 3 amide bonds. The second kappa shape index (κ2) is 20.5. The van der Waals surface area contributed by atoms with Crippen LogP contribution in [0.25, 0.3) is 11.1 Å². The monoisotopic (exact) mass is 743 g/mol. The van der Waals surface area contributed by atoms with Crippen molar-refractivity contribution in [1.29, 1.82) is 0 Å². The molecule has 10 nitrogen and oxygen atoms in total. The zero-order valence-electron chi connectivity index (χ0n) is 30.9. The molecule has 0 fully saturated rings. The van der Waals surface area contributed by atoms with Crippen LogP contribution < -0.4 is 16.0 Å². The fraction of sp³-hybridized carbons (Fsp3) is 0.289. The van der Waals surface area contributed by atoms with Gasteiger partial charge in [-0.15, -0.1) is 13.2 Å². The molecular weight excluding hydrogens is 695 g/mol. The van der Waals surface area contributed by atoms with E-state index in [0.29, 0.717) is 18.4 Å². The van der Waals surface area contributed by atoms with Crippen molar-refractivity contribution in [2.24, 2.45) is 5.92 Å². The number of benzene rings is 4. The number of aliphatic hydroxyl groups is 1. The summed E-state index contributed by atoms with van der Waals surface area (Å²) in [6, 6.07) is 32.3. The largest absolute Gasteiger partial charge is 0.462 e. The minimum atomic E-state index is -1.03. The van der Waals surface area contributed by atoms with Gasteiger partial charge in [-0.05, 0) is 59.1 Å². The van der Waals surface area contributed by atoms with E-state index in [4.69, 9.17) is 9.47 Å². The number of nitrogens with one attached hydrogen (secondary N) is 3. The van der Waals surface area contributed by atoms with Gasteiger partial charge in [0.15, 0.2) is 0 Å². The van der Waals surface area contributed by atoms with Crippen LogP contribution in [0.5, 0.6) is 0 Å². The number of allylic oxidation sites excluding steroid dienone is 2. The first kappa shape index (κ1) is 40.2. The maximum atomic E-state index is 13.7. The van der Waals surface area contributed by atoms with Gasteiger partial charge in [-0.25, -0.2) is 9.59 Å². The van der Waals surface area contributed by atoms with Gasteiger partial charge in [0.1, 0.15) is 19.3 Å². The molecule has 1 aliphatic carbocycles. The molecule has 0 spiro atoms. The van der Waals surface area contributed by atoms with Gasteiger partial charge in [-0.2, -0.15) is 0 Å². The van der Waals surface area contributed by atoms with Crippen LogP contribution in [0.3, 0.4) is 0 Å². The Labute approximate surface area is 322 Å². The number of amides is 3. The number of hydrogen-bond donors (Lipinski definition) is 4. The number of fused-ring (bicyclic) bond motifs is 3. The number of carbonyl (C=O) groups is 4. The molecule has 4 N–H and O–H groups in total. The topological polar surface area (TPSA) is 143 Å². The number of carbonyl (C=O) groups excluding carboxylic acids is 4. The Morgan fingerprint density at radius 1 is 0.745 bits per heavy atom. The average Bonchev–Trinajstić information content (AvgIpc) is 3.53. The average molecular weight is 744 g/mol. The zero-order chi connectivity index (χ0) is 39.0. The first-order chi connectivity index (χ1) is 26.8. The summed E-state index contributed by atoms with van der Waals surface area (Å²) in [6.07, 6.45) is 3.63. The summed E-state index contributed by atoms with van der Waals surface area (Å²) in [5.74, 6) is -2.42. The number of ether oxygens (including phenoxy) is 2. The van der Waals surface area contributed by atoms with Gasteiger partial charge in [0.25, 0.3) is 0 Å². The van der Waals surface area contributed by atoms with E-state index in [2.05, 4.69) is 41.2 Å². The third-order valence-electron chi connectivity index (χ3n) is 9.65. The Kier molecular flexibility index (Phi) is 14.9. The standard InChI is InChI=1S/C45H49N3O7/c1-3-5-25-40(48-45(53)55-29-39-37-23-14-12-21-35(37)36-22-13-15-24-38(36)39)44(52)54-30-41(32-19-10-7-11-20-32)47-43(51)33(16-4-2)27-42(50)46-34(28-49)26-31-17-8-6-9-18-31/h3-4,6-15,17-24,33-34,39-41,49H,1-2,5,16,25-30H2,(H,46,50)(H,47,51)(H,48,53)/t33-,34-,40-,41+/m0/s1. The van der Waals surface area contributed by atoms with E-state index in [1.807, 2.05) is 72.8 Å². The minimum absolute atomic E-state index is 0.0861. The number of hydrogen-bond acceptors (Lipinski definition) is 7. The van der Waals surface area contributed by atoms with Gasteiger partial charge in [-0.3, -0.25) is 9.59 Å². The van der Waals surface area contributed by atoms with Crippen LogP contribution in [0.1, 0.15) is 59.9 Å². The van der Waals surface area contributed by atoms with Crippen LogP contribution in [-0.4, -0.2) is 60.9 Å². The second-order valence-corrected chi connectivity index (χ2v) is 13.6. The molecule has 4 aromatic rings. The van der Waals surface area contributed by atoms with E-state index in [1.165, 1.54) is 0 Å². The molecule has 0 aliphatic heterocycles. The Hall–Kier alpha value is -6.00. The molecule has 0 radical (unpaired) electrons. The predicted octanol–water partition coefficient (Wildman–Crippen LogP) is 6.56. The van der Waals surface area contributed by atoms with Gasteiger partial charge in [0.2, 0.25) is 11.8 Å². The van der Waals surface area contributed by atoms with E-state index in [0.717, 1.165) is 27.8 Å². The first-order valence-electron chi connectivity index (χ1n) is 18.6. The molecule has 286 valence electrons. The van der Waals surface area contributed by atoms with Crippen molar-refractivity contribution >= 4 is 23.9 Å². The van der Waals surface area contributed by atoms with E-state index in [-0.39, 0.29) is 50.9 Å². The molecule has 0 aromatic heterocycles. The summed E-state index contributed by atoms with van der Waals surface area (Å²) < 4.78 is 11.4. The normalized spacial score (nSPS) is 13.8. The third kappa shape index (κ3) is 11.3. The second-order valence-electron chi connectivity index (χ2n) is 13.6. The van der Waals surface area contributed by atoms with Gasteiger partial charge in [0.05, 0.1) is 24.6 Å². The summed E-state index contributed by atoms with van der Waals surface area (Å²) in [5, 5.41) is 18.4. The first-order valence-corrected chi connectivity index (χ1v) is 18.6. The molecule has 0 heterocycles. The van der Waals surface area contributed by atoms with Crippen LogP contribution in [0.4, 0.5) is 4.79 Å². The Morgan fingerprint density at radius 2 is 1.36 bits per heavy atom. The van der Waals surface area contributed by atoms with Gasteiger partial charge in [-0.1, -0.05) is 121 Å². The molecule has 0 unspecified atom stereocenters.